The van der Waals surface area contributed by atoms with Crippen LogP contribution in [0, 0.1) is 0 Å². The summed E-state index contributed by atoms with van der Waals surface area (Å²) in [5.41, 5.74) is 8.64. The smallest absolute Gasteiger partial charge is 0.324 e. The Balaban J connectivity index is 1.44. The molecule has 0 bridgehead atoms. The van der Waals surface area contributed by atoms with Gasteiger partial charge in [0, 0.05) is 11.4 Å². The van der Waals surface area contributed by atoms with Crippen molar-refractivity contribution in [3.8, 4) is 0 Å². The third-order valence-corrected chi connectivity index (χ3v) is 4.56. The third kappa shape index (κ3) is 3.12. The molecular formula is C17H15N5O2S. The summed E-state index contributed by atoms with van der Waals surface area (Å²) in [4.78, 5) is 18.0. The minimum atomic E-state index is -0.368. The lowest BCUT2D eigenvalue weighted by molar-refractivity contribution is 0.262. The van der Waals surface area contributed by atoms with Crippen molar-refractivity contribution in [3.63, 3.8) is 0 Å². The molecule has 126 valence electrons. The molecule has 1 unspecified atom stereocenters. The quantitative estimate of drug-likeness (QED) is 0.660. The van der Waals surface area contributed by atoms with Crippen molar-refractivity contribution < 1.29 is 9.21 Å². The lowest BCUT2D eigenvalue weighted by atomic mass is 10.2. The van der Waals surface area contributed by atoms with Crippen LogP contribution in [0.3, 0.4) is 0 Å². The fourth-order valence-electron chi connectivity index (χ4n) is 2.55. The molecule has 8 heteroatoms. The zero-order valence-electron chi connectivity index (χ0n) is 13.0. The largest absolute Gasteiger partial charge is 0.446 e. The number of nitrogens with one attached hydrogen (secondary N) is 2. The van der Waals surface area contributed by atoms with Gasteiger partial charge in [-0.1, -0.05) is 0 Å². The monoisotopic (exact) mass is 353 g/mol. The van der Waals surface area contributed by atoms with Gasteiger partial charge in [-0.3, -0.25) is 5.32 Å². The van der Waals surface area contributed by atoms with Crippen molar-refractivity contribution in [2.24, 2.45) is 10.7 Å². The van der Waals surface area contributed by atoms with Crippen LogP contribution in [0.5, 0.6) is 0 Å². The van der Waals surface area contributed by atoms with Crippen LogP contribution in [-0.2, 0) is 0 Å². The van der Waals surface area contributed by atoms with Gasteiger partial charge in [-0.15, -0.1) is 11.3 Å². The maximum absolute atomic E-state index is 11.9. The summed E-state index contributed by atoms with van der Waals surface area (Å²) in [5.74, 6) is 0.535. The number of hydrogen-bond acceptors (Lipinski definition) is 6. The number of urea groups is 1. The van der Waals surface area contributed by atoms with Crippen LogP contribution < -0.4 is 21.3 Å². The van der Waals surface area contributed by atoms with Crippen molar-refractivity contribution in [1.82, 2.24) is 0 Å². The number of hydrogen-bond donors (Lipinski definition) is 3. The Bertz CT molecular complexity index is 902. The molecule has 0 spiro atoms. The van der Waals surface area contributed by atoms with E-state index in [1.165, 1.54) is 11.3 Å². The highest BCUT2D eigenvalue weighted by molar-refractivity contribution is 7.14. The first kappa shape index (κ1) is 15.4. The summed E-state index contributed by atoms with van der Waals surface area (Å²) >= 11 is 1.46. The van der Waals surface area contributed by atoms with Gasteiger partial charge in [-0.05, 0) is 47.8 Å². The zero-order chi connectivity index (χ0) is 17.2. The van der Waals surface area contributed by atoms with E-state index in [4.69, 9.17) is 10.2 Å². The minimum Gasteiger partial charge on any atom is -0.446 e. The summed E-state index contributed by atoms with van der Waals surface area (Å²) in [7, 11) is 0. The van der Waals surface area contributed by atoms with Crippen LogP contribution in [0.15, 0.2) is 63.5 Å². The molecule has 25 heavy (non-hydrogen) atoms. The fourth-order valence-corrected chi connectivity index (χ4v) is 3.16. The first-order valence-corrected chi connectivity index (χ1v) is 8.46. The van der Waals surface area contributed by atoms with E-state index >= 15 is 0 Å². The topological polar surface area (TPSA) is 95.9 Å². The molecule has 0 saturated carbocycles. The van der Waals surface area contributed by atoms with Crippen LogP contribution in [0.25, 0.3) is 0 Å². The van der Waals surface area contributed by atoms with Crippen LogP contribution in [0.4, 0.5) is 27.1 Å². The number of rotatable bonds is 3. The molecule has 2 aromatic heterocycles. The van der Waals surface area contributed by atoms with Gasteiger partial charge in [0.15, 0.2) is 0 Å². The van der Waals surface area contributed by atoms with E-state index in [2.05, 4.69) is 15.6 Å². The molecule has 2 amide bonds. The Morgan fingerprint density at radius 2 is 2.04 bits per heavy atom. The number of anilines is 3. The lowest BCUT2D eigenvalue weighted by Crippen LogP contribution is -2.35. The Morgan fingerprint density at radius 3 is 2.80 bits per heavy atom. The van der Waals surface area contributed by atoms with Gasteiger partial charge < -0.3 is 20.4 Å². The summed E-state index contributed by atoms with van der Waals surface area (Å²) in [6, 6.07) is 12.6. The molecule has 0 radical (unpaired) electrons. The van der Waals surface area contributed by atoms with Crippen molar-refractivity contribution in [3.05, 3.63) is 59.7 Å². The Labute approximate surface area is 147 Å². The van der Waals surface area contributed by atoms with Gasteiger partial charge in [0.25, 0.3) is 0 Å². The second-order valence-electron chi connectivity index (χ2n) is 5.38. The molecule has 0 fully saturated rings. The molecule has 4 N–H and O–H groups in total. The summed E-state index contributed by atoms with van der Waals surface area (Å²) in [6.45, 7) is 0. The van der Waals surface area contributed by atoms with E-state index < -0.39 is 0 Å². The molecule has 1 aromatic carbocycles. The second-order valence-corrected chi connectivity index (χ2v) is 6.33. The predicted molar refractivity (Wildman–Crippen MR) is 99.7 cm³/mol. The number of fused-ring (bicyclic) bond motifs is 1. The van der Waals surface area contributed by atoms with Crippen molar-refractivity contribution in [2.45, 2.75) is 6.17 Å². The van der Waals surface area contributed by atoms with Gasteiger partial charge >= 0.3 is 6.03 Å². The van der Waals surface area contributed by atoms with Gasteiger partial charge in [0.05, 0.1) is 16.8 Å². The van der Waals surface area contributed by atoms with Crippen molar-refractivity contribution in [1.29, 1.82) is 0 Å². The van der Waals surface area contributed by atoms with E-state index in [9.17, 15) is 4.79 Å². The molecule has 1 aliphatic heterocycles. The Hall–Kier alpha value is -3.10. The average molecular weight is 353 g/mol. The molecule has 0 aliphatic carbocycles. The van der Waals surface area contributed by atoms with E-state index in [1.54, 1.807) is 12.6 Å². The Kier molecular flexibility index (Phi) is 3.96. The maximum atomic E-state index is 11.9. The number of aliphatic imine (C=N–C) groups is 1. The first-order valence-electron chi connectivity index (χ1n) is 7.58. The molecule has 1 atom stereocenters. The van der Waals surface area contributed by atoms with E-state index in [1.807, 2.05) is 52.7 Å². The first-order chi connectivity index (χ1) is 12.2. The number of amides is 2. The number of carbonyl (C=O) groups is 1. The maximum Gasteiger partial charge on any atom is 0.324 e. The number of nitrogens with two attached hydrogens (primary N) is 1. The van der Waals surface area contributed by atoms with Gasteiger partial charge in [-0.25, -0.2) is 9.79 Å². The summed E-state index contributed by atoms with van der Waals surface area (Å²) in [5, 5.41) is 8.26. The van der Waals surface area contributed by atoms with Crippen molar-refractivity contribution >= 4 is 46.0 Å². The van der Waals surface area contributed by atoms with Gasteiger partial charge in [0.1, 0.15) is 12.5 Å². The summed E-state index contributed by atoms with van der Waals surface area (Å²) in [6.07, 6.45) is 2.85. The van der Waals surface area contributed by atoms with E-state index in [0.717, 1.165) is 16.3 Å². The van der Waals surface area contributed by atoms with E-state index in [0.29, 0.717) is 11.6 Å². The number of furan rings is 1. The second kappa shape index (κ2) is 6.42. The molecule has 3 heterocycles. The van der Waals surface area contributed by atoms with Crippen molar-refractivity contribution in [2.75, 3.05) is 15.5 Å². The standard InChI is InChI=1S/C17H15N5O2S/c18-15-13-7-8-24-16(13)19-10-22(15)12-5-3-11(4-6-12)20-17(23)21-14-2-1-9-25-14/h1-10,15H,18H2,(H2,20,21,23). The SMILES string of the molecule is NC1c2ccoc2N=CN1c1ccc(NC(=O)Nc2cccs2)cc1. The van der Waals surface area contributed by atoms with Crippen LogP contribution in [0.1, 0.15) is 11.7 Å². The number of nitrogens with zero attached hydrogens (tertiary/aromatic N) is 2. The van der Waals surface area contributed by atoms with Gasteiger partial charge in [0.2, 0.25) is 5.88 Å². The Morgan fingerprint density at radius 1 is 1.20 bits per heavy atom. The number of carbonyl (C=O) groups excluding carboxylic acids is 1. The highest BCUT2D eigenvalue weighted by Crippen LogP contribution is 2.33. The minimum absolute atomic E-state index is 0.283. The van der Waals surface area contributed by atoms with Crippen LogP contribution >= 0.6 is 11.3 Å². The predicted octanol–water partition coefficient (Wildman–Crippen LogP) is 4.12. The average Bonchev–Trinajstić information content (AvgIpc) is 3.28. The molecule has 4 rings (SSSR count). The third-order valence-electron chi connectivity index (χ3n) is 3.77. The molecular weight excluding hydrogens is 338 g/mol. The molecule has 1 aliphatic rings. The van der Waals surface area contributed by atoms with Crippen LogP contribution in [0.2, 0.25) is 0 Å². The fraction of sp³-hybridized carbons (Fsp3) is 0.0588. The number of thiophene rings is 1. The van der Waals surface area contributed by atoms with Crippen LogP contribution in [-0.4, -0.2) is 12.4 Å². The van der Waals surface area contributed by atoms with E-state index in [-0.39, 0.29) is 12.2 Å². The molecule has 3 aromatic rings. The van der Waals surface area contributed by atoms with Gasteiger partial charge in [-0.2, -0.15) is 0 Å². The molecule has 0 saturated heterocycles. The normalized spacial score (nSPS) is 15.7. The highest BCUT2D eigenvalue weighted by Gasteiger charge is 2.24. The lowest BCUT2D eigenvalue weighted by Gasteiger charge is -2.29. The highest BCUT2D eigenvalue weighted by atomic mass is 32.1. The summed E-state index contributed by atoms with van der Waals surface area (Å²) < 4.78 is 5.26. The zero-order valence-corrected chi connectivity index (χ0v) is 13.9. The molecule has 7 nitrogen and oxygen atoms in total. The number of benzene rings is 1.